The summed E-state index contributed by atoms with van der Waals surface area (Å²) in [6.45, 7) is 2.88. The lowest BCUT2D eigenvalue weighted by Gasteiger charge is -2.28. The fraction of sp³-hybridized carbons (Fsp3) is 0.310. The number of rotatable bonds is 12. The van der Waals surface area contributed by atoms with Gasteiger partial charge in [0.25, 0.3) is 5.91 Å². The maximum atomic E-state index is 13.7. The highest BCUT2D eigenvalue weighted by Crippen LogP contribution is 2.34. The summed E-state index contributed by atoms with van der Waals surface area (Å²) < 4.78 is 12.7. The lowest BCUT2D eigenvalue weighted by atomic mass is 9.86. The molecule has 0 spiro atoms. The second-order valence-corrected chi connectivity index (χ2v) is 10.3. The van der Waals surface area contributed by atoms with Crippen LogP contribution in [-0.2, 0) is 22.4 Å². The van der Waals surface area contributed by atoms with Crippen molar-refractivity contribution in [3.8, 4) is 5.75 Å². The number of benzene rings is 3. The van der Waals surface area contributed by atoms with Gasteiger partial charge in [-0.15, -0.1) is 0 Å². The van der Waals surface area contributed by atoms with Gasteiger partial charge in [0.2, 0.25) is 5.90 Å². The zero-order chi connectivity index (χ0) is 27.0. The molecule has 3 N–H and O–H groups in total. The van der Waals surface area contributed by atoms with Crippen LogP contribution in [0, 0.1) is 0 Å². The number of aliphatic hydroxyl groups excluding tert-OH is 1. The number of aliphatic imine (C=N–C) groups is 1. The molecule has 200 valence electrons. The van der Waals surface area contributed by atoms with E-state index in [9.17, 15) is 4.79 Å². The Morgan fingerprint density at radius 2 is 1.82 bits per heavy atom. The van der Waals surface area contributed by atoms with E-state index in [1.807, 2.05) is 79.7 Å². The second kappa shape index (κ2) is 13.2. The highest BCUT2D eigenvalue weighted by molar-refractivity contribution is 9.10. The van der Waals surface area contributed by atoms with E-state index in [0.29, 0.717) is 49.1 Å². The summed E-state index contributed by atoms with van der Waals surface area (Å²) in [4.78, 5) is 18.6. The molecule has 0 unspecified atom stereocenters. The van der Waals surface area contributed by atoms with Crippen molar-refractivity contribution in [3.63, 3.8) is 0 Å². The molecular weight excluding hydrogens is 570 g/mol. The summed E-state index contributed by atoms with van der Waals surface area (Å²) in [6, 6.07) is 22.8. The summed E-state index contributed by atoms with van der Waals surface area (Å²) in [6.07, 6.45) is 1.05. The van der Waals surface area contributed by atoms with Gasteiger partial charge in [-0.3, -0.25) is 10.2 Å². The van der Waals surface area contributed by atoms with Crippen molar-refractivity contribution in [1.29, 1.82) is 0 Å². The topological polar surface area (TPSA) is 92.2 Å². The van der Waals surface area contributed by atoms with E-state index < -0.39 is 11.6 Å². The minimum Gasteiger partial charge on any atom is -0.494 e. The van der Waals surface area contributed by atoms with Crippen LogP contribution in [0.4, 0.5) is 0 Å². The normalized spacial score (nSPS) is 18.5. The molecule has 0 fully saturated rings. The van der Waals surface area contributed by atoms with Gasteiger partial charge in [-0.05, 0) is 60.9 Å². The smallest absolute Gasteiger partial charge is 0.266 e. The minimum absolute atomic E-state index is 0.0805. The first kappa shape index (κ1) is 28.1. The SMILES string of the molecule is C[C@@H]1OC(c2ccc(OCCCO)cc2)=N[C@]1(Cc1ccccc1Br)C(=O)NNCCc1ccccc1Cl. The van der Waals surface area contributed by atoms with E-state index >= 15 is 0 Å². The second-order valence-electron chi connectivity index (χ2n) is 9.04. The van der Waals surface area contributed by atoms with Gasteiger partial charge in [-0.2, -0.15) is 0 Å². The van der Waals surface area contributed by atoms with Crippen LogP contribution in [0.15, 0.2) is 82.3 Å². The number of ether oxygens (including phenoxy) is 2. The number of aliphatic hydroxyl groups is 1. The number of amides is 1. The molecule has 0 bridgehead atoms. The number of carbonyl (C=O) groups excluding carboxylic acids is 1. The first-order valence-electron chi connectivity index (χ1n) is 12.5. The average Bonchev–Trinajstić information content (AvgIpc) is 3.26. The lowest BCUT2D eigenvalue weighted by Crippen LogP contribution is -2.56. The first-order valence-corrected chi connectivity index (χ1v) is 13.7. The van der Waals surface area contributed by atoms with Crippen LogP contribution in [0.1, 0.15) is 30.0 Å². The van der Waals surface area contributed by atoms with Gasteiger partial charge >= 0.3 is 0 Å². The van der Waals surface area contributed by atoms with Gasteiger partial charge in [-0.25, -0.2) is 10.4 Å². The standard InChI is InChI=1S/C29H31BrClN3O4/c1-20-29(19-23-8-2-4-9-25(23)30,28(36)34-32-16-15-21-7-3-5-10-26(21)31)33-27(38-20)22-11-13-24(14-12-22)37-18-6-17-35/h2-5,7-14,20,32,35H,6,15-19H2,1H3,(H,34,36)/t20-,29-/m0/s1. The molecule has 1 amide bonds. The summed E-state index contributed by atoms with van der Waals surface area (Å²) in [5, 5.41) is 9.64. The first-order chi connectivity index (χ1) is 18.4. The Balaban J connectivity index is 1.53. The molecule has 0 saturated heterocycles. The number of halogens is 2. The molecule has 3 aromatic carbocycles. The molecular formula is C29H31BrClN3O4. The van der Waals surface area contributed by atoms with Crippen molar-refractivity contribution < 1.29 is 19.4 Å². The highest BCUT2D eigenvalue weighted by atomic mass is 79.9. The monoisotopic (exact) mass is 599 g/mol. The van der Waals surface area contributed by atoms with Crippen LogP contribution in [0.3, 0.4) is 0 Å². The summed E-state index contributed by atoms with van der Waals surface area (Å²) in [5.41, 5.74) is 7.41. The molecule has 0 radical (unpaired) electrons. The number of hydrogen-bond donors (Lipinski definition) is 3. The molecule has 0 aliphatic carbocycles. The van der Waals surface area contributed by atoms with Gasteiger partial charge in [0, 0.05) is 41.1 Å². The third-order valence-electron chi connectivity index (χ3n) is 6.42. The molecule has 0 aromatic heterocycles. The number of nitrogens with one attached hydrogen (secondary N) is 2. The predicted octanol–water partition coefficient (Wildman–Crippen LogP) is 4.87. The number of nitrogens with zero attached hydrogens (tertiary/aromatic N) is 1. The number of hydrazine groups is 1. The van der Waals surface area contributed by atoms with Crippen molar-refractivity contribution in [1.82, 2.24) is 10.9 Å². The third-order valence-corrected chi connectivity index (χ3v) is 7.57. The predicted molar refractivity (Wildman–Crippen MR) is 153 cm³/mol. The summed E-state index contributed by atoms with van der Waals surface area (Å²) in [7, 11) is 0. The Kier molecular flexibility index (Phi) is 9.80. The van der Waals surface area contributed by atoms with Crippen LogP contribution in [0.5, 0.6) is 5.75 Å². The Hall–Kier alpha value is -2.91. The van der Waals surface area contributed by atoms with E-state index in [-0.39, 0.29) is 12.5 Å². The molecule has 1 aliphatic heterocycles. The Morgan fingerprint density at radius 1 is 1.11 bits per heavy atom. The molecule has 1 heterocycles. The maximum absolute atomic E-state index is 13.7. The van der Waals surface area contributed by atoms with Crippen molar-refractivity contribution in [3.05, 3.63) is 99.0 Å². The average molecular weight is 601 g/mol. The largest absolute Gasteiger partial charge is 0.494 e. The van der Waals surface area contributed by atoms with E-state index in [1.165, 1.54) is 0 Å². The van der Waals surface area contributed by atoms with Crippen molar-refractivity contribution in [2.24, 2.45) is 4.99 Å². The van der Waals surface area contributed by atoms with Gasteiger partial charge in [0.15, 0.2) is 5.54 Å². The van der Waals surface area contributed by atoms with Crippen molar-refractivity contribution >= 4 is 39.3 Å². The number of hydrogen-bond acceptors (Lipinski definition) is 6. The van der Waals surface area contributed by atoms with Gasteiger partial charge < -0.3 is 14.6 Å². The minimum atomic E-state index is -1.19. The van der Waals surface area contributed by atoms with Crippen LogP contribution in [0.25, 0.3) is 0 Å². The zero-order valence-corrected chi connectivity index (χ0v) is 23.5. The van der Waals surface area contributed by atoms with Gasteiger partial charge in [0.05, 0.1) is 6.61 Å². The maximum Gasteiger partial charge on any atom is 0.266 e. The Bertz CT molecular complexity index is 1270. The van der Waals surface area contributed by atoms with Crippen LogP contribution in [0.2, 0.25) is 5.02 Å². The number of carbonyl (C=O) groups is 1. The highest BCUT2D eigenvalue weighted by Gasteiger charge is 2.50. The van der Waals surface area contributed by atoms with E-state index in [0.717, 1.165) is 21.2 Å². The van der Waals surface area contributed by atoms with Crippen LogP contribution >= 0.6 is 27.5 Å². The van der Waals surface area contributed by atoms with Crippen molar-refractivity contribution in [2.45, 2.75) is 37.8 Å². The molecule has 1 aliphatic rings. The molecule has 9 heteroatoms. The van der Waals surface area contributed by atoms with E-state index in [2.05, 4.69) is 26.8 Å². The zero-order valence-electron chi connectivity index (χ0n) is 21.1. The lowest BCUT2D eigenvalue weighted by molar-refractivity contribution is -0.129. The molecule has 0 saturated carbocycles. The molecule has 4 rings (SSSR count). The van der Waals surface area contributed by atoms with Crippen LogP contribution in [-0.4, -0.2) is 48.3 Å². The summed E-state index contributed by atoms with van der Waals surface area (Å²) >= 11 is 9.87. The molecule has 38 heavy (non-hydrogen) atoms. The van der Waals surface area contributed by atoms with Crippen LogP contribution < -0.4 is 15.6 Å². The fourth-order valence-electron chi connectivity index (χ4n) is 4.22. The quantitative estimate of drug-likeness (QED) is 0.204. The van der Waals surface area contributed by atoms with Gasteiger partial charge in [0.1, 0.15) is 11.9 Å². The summed E-state index contributed by atoms with van der Waals surface area (Å²) in [5.74, 6) is 0.810. The third kappa shape index (κ3) is 6.74. The fourth-order valence-corrected chi connectivity index (χ4v) is 4.88. The van der Waals surface area contributed by atoms with Crippen molar-refractivity contribution in [2.75, 3.05) is 19.8 Å². The molecule has 2 atom stereocenters. The van der Waals surface area contributed by atoms with Gasteiger partial charge in [-0.1, -0.05) is 63.9 Å². The van der Waals surface area contributed by atoms with E-state index in [4.69, 9.17) is 31.2 Å². The Labute approximate surface area is 236 Å². The molecule has 3 aromatic rings. The Morgan fingerprint density at radius 3 is 2.53 bits per heavy atom. The molecule has 7 nitrogen and oxygen atoms in total. The van der Waals surface area contributed by atoms with E-state index in [1.54, 1.807) is 0 Å².